The van der Waals surface area contributed by atoms with Crippen molar-refractivity contribution in [3.05, 3.63) is 33.8 Å². The maximum Gasteiger partial charge on any atom is 0.253 e. The van der Waals surface area contributed by atoms with E-state index in [1.807, 2.05) is 0 Å². The van der Waals surface area contributed by atoms with Crippen LogP contribution in [0.3, 0.4) is 0 Å². The first-order valence-corrected chi connectivity index (χ1v) is 10.1. The number of carbonyl (C=O) groups is 1. The van der Waals surface area contributed by atoms with Crippen LogP contribution in [0.5, 0.6) is 0 Å². The van der Waals surface area contributed by atoms with Crippen molar-refractivity contribution in [1.29, 1.82) is 0 Å². The Bertz CT molecular complexity index is 715. The molecule has 0 aliphatic carbocycles. The fourth-order valence-corrected chi connectivity index (χ4v) is 5.22. The molecular formula is C15H18Cl2N2O3S. The van der Waals surface area contributed by atoms with Crippen molar-refractivity contribution in [3.8, 4) is 0 Å². The highest BCUT2D eigenvalue weighted by Gasteiger charge is 2.34. The van der Waals surface area contributed by atoms with Crippen LogP contribution in [0, 0.1) is 0 Å². The van der Waals surface area contributed by atoms with Crippen LogP contribution in [0.4, 0.5) is 0 Å². The topological polar surface area (TPSA) is 57.7 Å². The van der Waals surface area contributed by atoms with E-state index in [9.17, 15) is 13.2 Å². The highest BCUT2D eigenvalue weighted by Crippen LogP contribution is 2.24. The van der Waals surface area contributed by atoms with Crippen LogP contribution in [0.25, 0.3) is 0 Å². The minimum atomic E-state index is -2.88. The lowest BCUT2D eigenvalue weighted by molar-refractivity contribution is 0.0588. The van der Waals surface area contributed by atoms with Gasteiger partial charge in [-0.05, 0) is 24.6 Å². The van der Waals surface area contributed by atoms with Gasteiger partial charge >= 0.3 is 0 Å². The van der Waals surface area contributed by atoms with Crippen LogP contribution in [-0.2, 0) is 9.84 Å². The number of piperazine rings is 1. The Morgan fingerprint density at radius 3 is 2.35 bits per heavy atom. The Morgan fingerprint density at radius 2 is 1.78 bits per heavy atom. The van der Waals surface area contributed by atoms with Gasteiger partial charge in [-0.15, -0.1) is 0 Å². The van der Waals surface area contributed by atoms with Crippen LogP contribution in [0.1, 0.15) is 16.8 Å². The lowest BCUT2D eigenvalue weighted by Crippen LogP contribution is -2.52. The molecule has 0 saturated carbocycles. The molecule has 2 aliphatic rings. The van der Waals surface area contributed by atoms with Gasteiger partial charge in [0.1, 0.15) is 0 Å². The average Bonchev–Trinajstić information content (AvgIpc) is 2.89. The smallest absolute Gasteiger partial charge is 0.253 e. The number of sulfone groups is 1. The summed E-state index contributed by atoms with van der Waals surface area (Å²) < 4.78 is 23.2. The molecule has 23 heavy (non-hydrogen) atoms. The molecule has 5 nitrogen and oxygen atoms in total. The molecule has 2 heterocycles. The number of halogens is 2. The Morgan fingerprint density at radius 1 is 1.09 bits per heavy atom. The highest BCUT2D eigenvalue weighted by atomic mass is 35.5. The molecule has 0 spiro atoms. The van der Waals surface area contributed by atoms with E-state index >= 15 is 0 Å². The third kappa shape index (κ3) is 3.82. The van der Waals surface area contributed by atoms with E-state index in [-0.39, 0.29) is 23.5 Å². The van der Waals surface area contributed by atoms with Gasteiger partial charge in [0.05, 0.1) is 21.6 Å². The van der Waals surface area contributed by atoms with Gasteiger partial charge in [-0.3, -0.25) is 9.69 Å². The van der Waals surface area contributed by atoms with Gasteiger partial charge < -0.3 is 4.90 Å². The molecule has 2 saturated heterocycles. The number of nitrogens with zero attached hydrogens (tertiary/aromatic N) is 2. The van der Waals surface area contributed by atoms with Crippen LogP contribution in [0.15, 0.2) is 18.2 Å². The zero-order chi connectivity index (χ0) is 16.6. The first kappa shape index (κ1) is 17.0. The minimum Gasteiger partial charge on any atom is -0.336 e. The van der Waals surface area contributed by atoms with Crippen molar-refractivity contribution < 1.29 is 13.2 Å². The van der Waals surface area contributed by atoms with Crippen molar-refractivity contribution >= 4 is 38.9 Å². The van der Waals surface area contributed by atoms with Gasteiger partial charge in [0, 0.05) is 37.8 Å². The van der Waals surface area contributed by atoms with Gasteiger partial charge in [-0.1, -0.05) is 23.2 Å². The second-order valence-electron chi connectivity index (χ2n) is 6.01. The molecule has 0 unspecified atom stereocenters. The summed E-state index contributed by atoms with van der Waals surface area (Å²) in [6.07, 6.45) is 0.697. The van der Waals surface area contributed by atoms with Crippen LogP contribution >= 0.6 is 23.2 Å². The number of hydrogen-bond donors (Lipinski definition) is 0. The van der Waals surface area contributed by atoms with Gasteiger partial charge in [0.2, 0.25) is 0 Å². The summed E-state index contributed by atoms with van der Waals surface area (Å²) in [4.78, 5) is 16.5. The molecule has 1 aromatic carbocycles. The summed E-state index contributed by atoms with van der Waals surface area (Å²) in [7, 11) is -2.88. The second kappa shape index (κ2) is 6.59. The summed E-state index contributed by atoms with van der Waals surface area (Å²) in [6.45, 7) is 2.59. The van der Waals surface area contributed by atoms with Crippen molar-refractivity contribution in [1.82, 2.24) is 9.80 Å². The van der Waals surface area contributed by atoms with Gasteiger partial charge in [-0.2, -0.15) is 0 Å². The monoisotopic (exact) mass is 376 g/mol. The highest BCUT2D eigenvalue weighted by molar-refractivity contribution is 7.91. The van der Waals surface area contributed by atoms with Crippen LogP contribution in [-0.4, -0.2) is 67.9 Å². The largest absolute Gasteiger partial charge is 0.336 e. The first-order valence-electron chi connectivity index (χ1n) is 7.54. The number of hydrogen-bond acceptors (Lipinski definition) is 4. The maximum absolute atomic E-state index is 12.5. The molecule has 0 aromatic heterocycles. The summed E-state index contributed by atoms with van der Waals surface area (Å²) >= 11 is 11.8. The molecule has 1 amide bonds. The minimum absolute atomic E-state index is 0.0674. The Balaban J connectivity index is 1.60. The van der Waals surface area contributed by atoms with Crippen molar-refractivity contribution in [2.45, 2.75) is 12.5 Å². The molecule has 2 aliphatic heterocycles. The van der Waals surface area contributed by atoms with E-state index < -0.39 is 9.84 Å². The van der Waals surface area contributed by atoms with E-state index in [0.717, 1.165) is 0 Å². The normalized spacial score (nSPS) is 24.8. The number of rotatable bonds is 2. The second-order valence-corrected chi connectivity index (χ2v) is 9.06. The quantitative estimate of drug-likeness (QED) is 0.791. The molecule has 0 bridgehead atoms. The Hall–Kier alpha value is -0.820. The zero-order valence-corrected chi connectivity index (χ0v) is 14.9. The van der Waals surface area contributed by atoms with Crippen LogP contribution < -0.4 is 0 Å². The molecule has 126 valence electrons. The lowest BCUT2D eigenvalue weighted by atomic mass is 10.1. The number of carbonyl (C=O) groups excluding carboxylic acids is 1. The molecule has 2 fully saturated rings. The third-order valence-electron chi connectivity index (χ3n) is 4.49. The molecular weight excluding hydrogens is 359 g/mol. The van der Waals surface area contributed by atoms with Crippen molar-refractivity contribution in [3.63, 3.8) is 0 Å². The van der Waals surface area contributed by atoms with E-state index in [1.165, 1.54) is 0 Å². The van der Waals surface area contributed by atoms with Crippen molar-refractivity contribution in [2.24, 2.45) is 0 Å². The number of benzene rings is 1. The Labute approximate surface area is 146 Å². The molecule has 0 radical (unpaired) electrons. The van der Waals surface area contributed by atoms with E-state index in [0.29, 0.717) is 48.2 Å². The summed E-state index contributed by atoms with van der Waals surface area (Å²) in [6, 6.07) is 4.98. The molecule has 1 atom stereocenters. The third-order valence-corrected chi connectivity index (χ3v) is 6.98. The van der Waals surface area contributed by atoms with E-state index in [1.54, 1.807) is 23.1 Å². The summed E-state index contributed by atoms with van der Waals surface area (Å²) in [5.74, 6) is 0.454. The van der Waals surface area contributed by atoms with E-state index in [2.05, 4.69) is 4.90 Å². The maximum atomic E-state index is 12.5. The predicted octanol–water partition coefficient (Wildman–Crippen LogP) is 1.94. The van der Waals surface area contributed by atoms with Crippen molar-refractivity contribution in [2.75, 3.05) is 37.7 Å². The fourth-order valence-electron chi connectivity index (χ4n) is 3.17. The molecule has 8 heteroatoms. The number of amides is 1. The SMILES string of the molecule is O=C(c1ccc(Cl)c(Cl)c1)N1CCN([C@H]2CCS(=O)(=O)C2)CC1. The van der Waals surface area contributed by atoms with Gasteiger partial charge in [-0.25, -0.2) is 8.42 Å². The summed E-state index contributed by atoms with van der Waals surface area (Å²) in [5.41, 5.74) is 0.524. The molecule has 3 rings (SSSR count). The van der Waals surface area contributed by atoms with Crippen LogP contribution in [0.2, 0.25) is 10.0 Å². The average molecular weight is 377 g/mol. The van der Waals surface area contributed by atoms with E-state index in [4.69, 9.17) is 23.2 Å². The lowest BCUT2D eigenvalue weighted by Gasteiger charge is -2.37. The van der Waals surface area contributed by atoms with Gasteiger partial charge in [0.25, 0.3) is 5.91 Å². The fraction of sp³-hybridized carbons (Fsp3) is 0.533. The summed E-state index contributed by atoms with van der Waals surface area (Å²) in [5, 5.41) is 0.794. The predicted molar refractivity (Wildman–Crippen MR) is 91.0 cm³/mol. The Kier molecular flexibility index (Phi) is 4.88. The first-order chi connectivity index (χ1) is 10.9. The van der Waals surface area contributed by atoms with Gasteiger partial charge in [0.15, 0.2) is 9.84 Å². The zero-order valence-electron chi connectivity index (χ0n) is 12.5. The molecule has 1 aromatic rings. The standard InChI is InChI=1S/C15H18Cl2N2O3S/c16-13-2-1-11(9-14(13)17)15(20)19-6-4-18(5-7-19)12-3-8-23(21,22)10-12/h1-2,9,12H,3-8,10H2/t12-/m0/s1. The molecule has 0 N–H and O–H groups in total.